The van der Waals surface area contributed by atoms with Crippen molar-refractivity contribution < 1.29 is 33.0 Å². The van der Waals surface area contributed by atoms with Crippen LogP contribution >= 0.6 is 11.3 Å². The number of pyridine rings is 1. The van der Waals surface area contributed by atoms with Crippen LogP contribution in [-0.2, 0) is 20.9 Å². The van der Waals surface area contributed by atoms with E-state index in [0.29, 0.717) is 54.3 Å². The molecule has 326 valence electrons. The first-order valence-electron chi connectivity index (χ1n) is 20.6. The Morgan fingerprint density at radius 3 is 2.48 bits per heavy atom. The monoisotopic (exact) mass is 872 g/mol. The molecule has 1 fully saturated rings. The van der Waals surface area contributed by atoms with Crippen LogP contribution in [0.15, 0.2) is 96.6 Å². The number of aromatic amines is 1. The number of hydrogen-bond acceptors (Lipinski definition) is 10. The third kappa shape index (κ3) is 10.4. The summed E-state index contributed by atoms with van der Waals surface area (Å²) >= 11 is 1.58. The number of anilines is 1. The van der Waals surface area contributed by atoms with Crippen molar-refractivity contribution in [1.82, 2.24) is 35.7 Å². The number of methoxy groups -OCH3 is 1. The lowest BCUT2D eigenvalue weighted by Gasteiger charge is -2.35. The fraction of sp³-hybridized carbons (Fsp3) is 0.298. The smallest absolute Gasteiger partial charge is 0.274 e. The van der Waals surface area contributed by atoms with Crippen molar-refractivity contribution in [2.75, 3.05) is 25.6 Å². The Morgan fingerprint density at radius 2 is 1.76 bits per heavy atom. The topological polar surface area (TPSA) is 181 Å². The highest BCUT2D eigenvalue weighted by Crippen LogP contribution is 2.35. The van der Waals surface area contributed by atoms with Gasteiger partial charge in [-0.05, 0) is 78.3 Å². The third-order valence-electron chi connectivity index (χ3n) is 10.8. The zero-order chi connectivity index (χ0) is 44.7. The van der Waals surface area contributed by atoms with Gasteiger partial charge in [0, 0.05) is 24.8 Å². The molecule has 1 aliphatic rings. The largest absolute Gasteiger partial charge is 0.495 e. The number of likely N-dealkylation sites (tertiary alicyclic amines) is 1. The quantitative estimate of drug-likeness (QED) is 0.0809. The molecule has 0 aliphatic carbocycles. The van der Waals surface area contributed by atoms with E-state index < -0.39 is 35.1 Å². The van der Waals surface area contributed by atoms with Gasteiger partial charge in [0.2, 0.25) is 17.7 Å². The highest BCUT2D eigenvalue weighted by Gasteiger charge is 2.41. The number of carbonyl (C=O) groups is 4. The molecule has 16 heteroatoms. The van der Waals surface area contributed by atoms with Gasteiger partial charge < -0.3 is 30.3 Å². The summed E-state index contributed by atoms with van der Waals surface area (Å²) in [6, 6.07) is 22.7. The van der Waals surface area contributed by atoms with Gasteiger partial charge in [0.1, 0.15) is 23.5 Å². The van der Waals surface area contributed by atoms with Gasteiger partial charge in [-0.25, -0.2) is 14.4 Å². The Labute approximate surface area is 368 Å². The van der Waals surface area contributed by atoms with Gasteiger partial charge in [0.05, 0.1) is 53.3 Å². The van der Waals surface area contributed by atoms with Crippen LogP contribution in [0, 0.1) is 18.2 Å². The molecule has 3 aromatic carbocycles. The van der Waals surface area contributed by atoms with Gasteiger partial charge in [0.15, 0.2) is 11.6 Å². The van der Waals surface area contributed by atoms with Crippen molar-refractivity contribution in [3.05, 3.63) is 119 Å². The van der Waals surface area contributed by atoms with E-state index in [1.807, 2.05) is 57.5 Å². The molecular weight excluding hydrogens is 824 g/mol. The van der Waals surface area contributed by atoms with E-state index in [-0.39, 0.29) is 41.8 Å². The number of aromatic nitrogens is 4. The summed E-state index contributed by atoms with van der Waals surface area (Å²) in [5.74, 6) is -1.94. The van der Waals surface area contributed by atoms with Crippen LogP contribution in [0.25, 0.3) is 33.0 Å². The number of H-pyrrole nitrogens is 1. The maximum absolute atomic E-state index is 15.9. The van der Waals surface area contributed by atoms with Gasteiger partial charge in [-0.1, -0.05) is 69.3 Å². The molecule has 2 atom stereocenters. The molecular formula is C47H49FN8O6S. The van der Waals surface area contributed by atoms with E-state index in [2.05, 4.69) is 36.1 Å². The average molecular weight is 873 g/mol. The number of amides is 4. The van der Waals surface area contributed by atoms with Crippen molar-refractivity contribution in [3.63, 3.8) is 0 Å². The van der Waals surface area contributed by atoms with Crippen LogP contribution in [0.5, 0.6) is 11.5 Å². The molecule has 1 aliphatic heterocycles. The summed E-state index contributed by atoms with van der Waals surface area (Å²) in [6.45, 7) is 8.06. The minimum Gasteiger partial charge on any atom is -0.495 e. The maximum atomic E-state index is 15.9. The lowest BCUT2D eigenvalue weighted by molar-refractivity contribution is -0.144. The van der Waals surface area contributed by atoms with Crippen molar-refractivity contribution in [2.24, 2.45) is 5.41 Å². The second-order valence-electron chi connectivity index (χ2n) is 16.2. The SMILES string of the molecule is COc1cc(-c2cccc(OCCC(=O)N[C@H](C(=O)N3CCC[C@H]3C(=O)NCc3ccc(-c4scnc4C)cc3)C(C)(C)C)c2F)ccc1NC(=O)c1cccc(-c2ccn[nH]2)n1. The van der Waals surface area contributed by atoms with Gasteiger partial charge in [-0.3, -0.25) is 24.3 Å². The Morgan fingerprint density at radius 1 is 0.984 bits per heavy atom. The van der Waals surface area contributed by atoms with Gasteiger partial charge in [-0.2, -0.15) is 5.10 Å². The lowest BCUT2D eigenvalue weighted by Crippen LogP contribution is -2.57. The molecule has 14 nitrogen and oxygen atoms in total. The van der Waals surface area contributed by atoms with Crippen molar-refractivity contribution in [2.45, 2.75) is 65.6 Å². The zero-order valence-electron chi connectivity index (χ0n) is 35.7. The number of aryl methyl sites for hydroxylation is 1. The molecule has 0 saturated carbocycles. The number of halogens is 1. The highest BCUT2D eigenvalue weighted by molar-refractivity contribution is 7.13. The number of hydrogen-bond donors (Lipinski definition) is 4. The molecule has 4 heterocycles. The van der Waals surface area contributed by atoms with Crippen molar-refractivity contribution in [3.8, 4) is 44.5 Å². The Bertz CT molecular complexity index is 2590. The summed E-state index contributed by atoms with van der Waals surface area (Å²) in [4.78, 5) is 65.4. The predicted octanol–water partition coefficient (Wildman–Crippen LogP) is 7.58. The van der Waals surface area contributed by atoms with Crippen LogP contribution in [0.4, 0.5) is 10.1 Å². The fourth-order valence-corrected chi connectivity index (χ4v) is 8.18. The number of carbonyl (C=O) groups excluding carboxylic acids is 4. The van der Waals surface area contributed by atoms with E-state index in [1.54, 1.807) is 77.0 Å². The maximum Gasteiger partial charge on any atom is 0.274 e. The van der Waals surface area contributed by atoms with Crippen LogP contribution < -0.4 is 25.4 Å². The fourth-order valence-electron chi connectivity index (χ4n) is 7.37. The summed E-state index contributed by atoms with van der Waals surface area (Å²) in [5, 5.41) is 15.4. The van der Waals surface area contributed by atoms with Crippen LogP contribution in [0.3, 0.4) is 0 Å². The standard InChI is InChI=1S/C47H49FN8O6S/c1-28-42(63-27-50-28)30-16-14-29(15-17-30)26-49-45(59)37-12-8-23-56(37)46(60)43(47(2,3)4)54-40(57)21-24-62-38-13-6-9-32(41(38)48)31-18-19-35(39(25-31)61-5)53-44(58)36-11-7-10-33(52-36)34-20-22-51-55-34/h6-7,9-11,13-20,22,25,27,37,43H,8,12,21,23-24,26H2,1-5H3,(H,49,59)(H,51,55)(H,53,58)(H,54,57)/t37-,43+/m0/s1. The van der Waals surface area contributed by atoms with E-state index in [1.165, 1.54) is 13.2 Å². The summed E-state index contributed by atoms with van der Waals surface area (Å²) < 4.78 is 27.3. The molecule has 0 spiro atoms. The molecule has 6 aromatic rings. The van der Waals surface area contributed by atoms with Crippen molar-refractivity contribution in [1.29, 1.82) is 0 Å². The number of nitrogens with zero attached hydrogens (tertiary/aromatic N) is 4. The van der Waals surface area contributed by atoms with Crippen LogP contribution in [0.1, 0.15) is 61.8 Å². The highest BCUT2D eigenvalue weighted by atomic mass is 32.1. The Kier molecular flexibility index (Phi) is 13.6. The third-order valence-corrected chi connectivity index (χ3v) is 11.7. The normalized spacial score (nSPS) is 14.2. The summed E-state index contributed by atoms with van der Waals surface area (Å²) in [7, 11) is 1.44. The Balaban J connectivity index is 0.935. The zero-order valence-corrected chi connectivity index (χ0v) is 36.5. The van der Waals surface area contributed by atoms with Crippen LogP contribution in [0.2, 0.25) is 0 Å². The summed E-state index contributed by atoms with van der Waals surface area (Å²) in [6.07, 6.45) is 2.61. The minimum absolute atomic E-state index is 0.0694. The van der Waals surface area contributed by atoms with E-state index in [0.717, 1.165) is 21.7 Å². The number of rotatable bonds is 15. The molecule has 0 radical (unpaired) electrons. The first kappa shape index (κ1) is 44.1. The second kappa shape index (κ2) is 19.4. The molecule has 0 unspecified atom stereocenters. The van der Waals surface area contributed by atoms with E-state index >= 15 is 4.39 Å². The van der Waals surface area contributed by atoms with Crippen LogP contribution in [-0.4, -0.2) is 81.0 Å². The average Bonchev–Trinajstić information content (AvgIpc) is 4.09. The first-order chi connectivity index (χ1) is 30.3. The number of ether oxygens (including phenoxy) is 2. The predicted molar refractivity (Wildman–Crippen MR) is 239 cm³/mol. The molecule has 4 N–H and O–H groups in total. The minimum atomic E-state index is -0.924. The Hall–Kier alpha value is -6.94. The molecule has 63 heavy (non-hydrogen) atoms. The van der Waals surface area contributed by atoms with E-state index in [9.17, 15) is 19.2 Å². The van der Waals surface area contributed by atoms with Gasteiger partial charge >= 0.3 is 0 Å². The number of thiazole rings is 1. The number of benzene rings is 3. The second-order valence-corrected chi connectivity index (χ2v) is 17.1. The molecule has 7 rings (SSSR count). The molecule has 3 aromatic heterocycles. The summed E-state index contributed by atoms with van der Waals surface area (Å²) in [5.41, 5.74) is 6.52. The first-order valence-corrected chi connectivity index (χ1v) is 21.4. The van der Waals surface area contributed by atoms with Gasteiger partial charge in [0.25, 0.3) is 5.91 Å². The molecule has 4 amide bonds. The molecule has 1 saturated heterocycles. The number of nitrogens with one attached hydrogen (secondary N) is 4. The molecule has 0 bridgehead atoms. The van der Waals surface area contributed by atoms with Crippen molar-refractivity contribution >= 4 is 40.7 Å². The lowest BCUT2D eigenvalue weighted by atomic mass is 9.85. The van der Waals surface area contributed by atoms with Gasteiger partial charge in [-0.15, -0.1) is 11.3 Å². The van der Waals surface area contributed by atoms with E-state index in [4.69, 9.17) is 9.47 Å².